The average molecular weight is 268 g/mol. The molecule has 1 heterocycles. The van der Waals surface area contributed by atoms with Crippen LogP contribution in [-0.2, 0) is 18.3 Å². The lowest BCUT2D eigenvalue weighted by Gasteiger charge is -2.08. The van der Waals surface area contributed by atoms with Crippen molar-refractivity contribution in [3.63, 3.8) is 0 Å². The first-order valence-corrected chi connectivity index (χ1v) is 6.74. The second-order valence-corrected chi connectivity index (χ2v) is 5.38. The zero-order valence-electron chi connectivity index (χ0n) is 11.4. The minimum atomic E-state index is -0.731. The van der Waals surface area contributed by atoms with Crippen LogP contribution in [0.25, 0.3) is 11.0 Å². The molecular formula is C15H16N4O. The number of imidazole rings is 1. The molecule has 1 N–H and O–H groups in total. The van der Waals surface area contributed by atoms with Crippen LogP contribution in [0.4, 0.5) is 0 Å². The van der Waals surface area contributed by atoms with Gasteiger partial charge in [-0.05, 0) is 37.0 Å². The summed E-state index contributed by atoms with van der Waals surface area (Å²) in [6.45, 7) is 0.556. The van der Waals surface area contributed by atoms with Crippen molar-refractivity contribution in [3.8, 4) is 6.07 Å². The van der Waals surface area contributed by atoms with E-state index in [9.17, 15) is 4.79 Å². The minimum Gasteiger partial charge on any atom is -0.354 e. The lowest BCUT2D eigenvalue weighted by atomic mass is 10.1. The van der Waals surface area contributed by atoms with Crippen LogP contribution >= 0.6 is 0 Å². The Kier molecular flexibility index (Phi) is 2.94. The number of carbonyl (C=O) groups excluding carboxylic acids is 1. The van der Waals surface area contributed by atoms with Gasteiger partial charge in [0.15, 0.2) is 0 Å². The Hall–Kier alpha value is -2.35. The van der Waals surface area contributed by atoms with Gasteiger partial charge in [-0.3, -0.25) is 4.79 Å². The standard InChI is InChI=1S/C15H16N4O/c1-19-10-18-12-8-11(2-3-13(12)19)4-7-17-14(20)15(9-16)5-6-15/h2-3,8,10H,4-7H2,1H3,(H,17,20). The number of hydrogen-bond acceptors (Lipinski definition) is 3. The highest BCUT2D eigenvalue weighted by molar-refractivity contribution is 5.88. The van der Waals surface area contributed by atoms with Crippen LogP contribution in [-0.4, -0.2) is 22.0 Å². The zero-order chi connectivity index (χ0) is 14.2. The summed E-state index contributed by atoms with van der Waals surface area (Å²) < 4.78 is 1.98. The number of aryl methyl sites for hydroxylation is 1. The number of aromatic nitrogens is 2. The van der Waals surface area contributed by atoms with Gasteiger partial charge in [-0.25, -0.2) is 4.98 Å². The van der Waals surface area contributed by atoms with Crippen LogP contribution in [0.5, 0.6) is 0 Å². The maximum atomic E-state index is 11.8. The first kappa shape index (κ1) is 12.7. The molecule has 1 aromatic carbocycles. The summed E-state index contributed by atoms with van der Waals surface area (Å²) in [6.07, 6.45) is 3.92. The third-order valence-corrected chi connectivity index (χ3v) is 3.89. The van der Waals surface area contributed by atoms with Gasteiger partial charge >= 0.3 is 0 Å². The van der Waals surface area contributed by atoms with Crippen molar-refractivity contribution in [3.05, 3.63) is 30.1 Å². The number of benzene rings is 1. The molecule has 3 rings (SSSR count). The minimum absolute atomic E-state index is 0.126. The van der Waals surface area contributed by atoms with Crippen LogP contribution in [0.3, 0.4) is 0 Å². The van der Waals surface area contributed by atoms with E-state index in [0.29, 0.717) is 19.4 Å². The molecule has 2 aromatic rings. The summed E-state index contributed by atoms with van der Waals surface area (Å²) in [7, 11) is 1.96. The fourth-order valence-corrected chi connectivity index (χ4v) is 2.34. The van der Waals surface area contributed by atoms with Gasteiger partial charge in [-0.2, -0.15) is 5.26 Å². The van der Waals surface area contributed by atoms with Gasteiger partial charge in [-0.1, -0.05) is 6.07 Å². The number of nitrogens with zero attached hydrogens (tertiary/aromatic N) is 3. The molecule has 20 heavy (non-hydrogen) atoms. The lowest BCUT2D eigenvalue weighted by Crippen LogP contribution is -2.32. The normalized spacial score (nSPS) is 15.8. The highest BCUT2D eigenvalue weighted by atomic mass is 16.2. The smallest absolute Gasteiger partial charge is 0.240 e. The monoisotopic (exact) mass is 268 g/mol. The van der Waals surface area contributed by atoms with Gasteiger partial charge in [0, 0.05) is 13.6 Å². The van der Waals surface area contributed by atoms with Crippen molar-refractivity contribution in [2.75, 3.05) is 6.54 Å². The van der Waals surface area contributed by atoms with Gasteiger partial charge in [0.05, 0.1) is 23.4 Å². The second-order valence-electron chi connectivity index (χ2n) is 5.38. The molecule has 0 bridgehead atoms. The van der Waals surface area contributed by atoms with Gasteiger partial charge in [0.2, 0.25) is 5.91 Å². The molecule has 102 valence electrons. The van der Waals surface area contributed by atoms with Gasteiger partial charge in [0.1, 0.15) is 5.41 Å². The van der Waals surface area contributed by atoms with Gasteiger partial charge < -0.3 is 9.88 Å². The maximum absolute atomic E-state index is 11.8. The fraction of sp³-hybridized carbons (Fsp3) is 0.400. The van der Waals surface area contributed by atoms with E-state index in [4.69, 9.17) is 5.26 Å². The summed E-state index contributed by atoms with van der Waals surface area (Å²) in [5.41, 5.74) is 2.47. The first-order chi connectivity index (χ1) is 9.64. The number of carbonyl (C=O) groups is 1. The molecular weight excluding hydrogens is 252 g/mol. The summed E-state index contributed by atoms with van der Waals surface area (Å²) in [5.74, 6) is -0.126. The molecule has 0 atom stereocenters. The SMILES string of the molecule is Cn1cnc2cc(CCNC(=O)C3(C#N)CC3)ccc21. The maximum Gasteiger partial charge on any atom is 0.240 e. The van der Waals surface area contributed by atoms with Crippen LogP contribution in [0.15, 0.2) is 24.5 Å². The summed E-state index contributed by atoms with van der Waals surface area (Å²) in [4.78, 5) is 16.1. The van der Waals surface area contributed by atoms with Crippen LogP contribution in [0.1, 0.15) is 18.4 Å². The van der Waals surface area contributed by atoms with E-state index in [1.54, 1.807) is 6.33 Å². The Labute approximate surface area is 117 Å². The Morgan fingerprint density at radius 1 is 1.55 bits per heavy atom. The first-order valence-electron chi connectivity index (χ1n) is 6.74. The third-order valence-electron chi connectivity index (χ3n) is 3.89. The Morgan fingerprint density at radius 3 is 3.05 bits per heavy atom. The Balaban J connectivity index is 1.60. The van der Waals surface area contributed by atoms with Crippen LogP contribution in [0, 0.1) is 16.7 Å². The van der Waals surface area contributed by atoms with Crippen LogP contribution in [0.2, 0.25) is 0 Å². The number of nitriles is 1. The molecule has 0 spiro atoms. The second kappa shape index (κ2) is 4.64. The van der Waals surface area contributed by atoms with Crippen molar-refractivity contribution in [2.24, 2.45) is 12.5 Å². The van der Waals surface area contributed by atoms with E-state index in [0.717, 1.165) is 23.0 Å². The predicted octanol–water partition coefficient (Wildman–Crippen LogP) is 1.54. The van der Waals surface area contributed by atoms with Gasteiger partial charge in [-0.15, -0.1) is 0 Å². The van der Waals surface area contributed by atoms with Crippen molar-refractivity contribution < 1.29 is 4.79 Å². The summed E-state index contributed by atoms with van der Waals surface area (Å²) >= 11 is 0. The van der Waals surface area contributed by atoms with E-state index in [2.05, 4.69) is 16.4 Å². The zero-order valence-corrected chi connectivity index (χ0v) is 11.4. The van der Waals surface area contributed by atoms with E-state index in [1.807, 2.05) is 29.8 Å². The molecule has 1 fully saturated rings. The number of amides is 1. The fourth-order valence-electron chi connectivity index (χ4n) is 2.34. The van der Waals surface area contributed by atoms with E-state index < -0.39 is 5.41 Å². The largest absolute Gasteiger partial charge is 0.354 e. The number of fused-ring (bicyclic) bond motifs is 1. The molecule has 1 aliphatic rings. The lowest BCUT2D eigenvalue weighted by molar-refractivity contribution is -0.124. The van der Waals surface area contributed by atoms with Crippen molar-refractivity contribution in [2.45, 2.75) is 19.3 Å². The molecule has 0 radical (unpaired) electrons. The highest BCUT2D eigenvalue weighted by Crippen LogP contribution is 2.44. The summed E-state index contributed by atoms with van der Waals surface area (Å²) in [6, 6.07) is 8.23. The molecule has 0 aliphatic heterocycles. The van der Waals surface area contributed by atoms with Gasteiger partial charge in [0.25, 0.3) is 0 Å². The topological polar surface area (TPSA) is 70.7 Å². The Bertz CT molecular complexity index is 706. The Morgan fingerprint density at radius 2 is 2.35 bits per heavy atom. The number of hydrogen-bond donors (Lipinski definition) is 1. The van der Waals surface area contributed by atoms with Crippen molar-refractivity contribution in [1.29, 1.82) is 5.26 Å². The molecule has 5 nitrogen and oxygen atoms in total. The molecule has 1 saturated carbocycles. The summed E-state index contributed by atoms with van der Waals surface area (Å²) in [5, 5.41) is 11.8. The highest BCUT2D eigenvalue weighted by Gasteiger charge is 2.50. The number of nitrogens with one attached hydrogen (secondary N) is 1. The molecule has 5 heteroatoms. The molecule has 1 aromatic heterocycles. The van der Waals surface area contributed by atoms with E-state index >= 15 is 0 Å². The van der Waals surface area contributed by atoms with E-state index in [-0.39, 0.29) is 5.91 Å². The van der Waals surface area contributed by atoms with E-state index in [1.165, 1.54) is 0 Å². The van der Waals surface area contributed by atoms with Crippen molar-refractivity contribution in [1.82, 2.24) is 14.9 Å². The van der Waals surface area contributed by atoms with Crippen molar-refractivity contribution >= 4 is 16.9 Å². The molecule has 1 aliphatic carbocycles. The quantitative estimate of drug-likeness (QED) is 0.914. The molecule has 0 unspecified atom stereocenters. The predicted molar refractivity (Wildman–Crippen MR) is 74.7 cm³/mol. The number of rotatable bonds is 4. The molecule has 0 saturated heterocycles. The third kappa shape index (κ3) is 2.14. The molecule has 1 amide bonds. The van der Waals surface area contributed by atoms with Crippen LogP contribution < -0.4 is 5.32 Å². The average Bonchev–Trinajstić information content (AvgIpc) is 3.18.